The largest absolute Gasteiger partial charge is 0.465 e. The first-order valence-corrected chi connectivity index (χ1v) is 23.7. The van der Waals surface area contributed by atoms with Crippen LogP contribution in [0.4, 0.5) is 0 Å². The Labute approximate surface area is 271 Å². The van der Waals surface area contributed by atoms with Crippen molar-refractivity contribution in [3.8, 4) is 0 Å². The van der Waals surface area contributed by atoms with Gasteiger partial charge in [0.05, 0.1) is 19.3 Å². The Hall–Kier alpha value is -0.736. The van der Waals surface area contributed by atoms with Crippen LogP contribution in [-0.4, -0.2) is 41.9 Å². The molecule has 0 aromatic carbocycles. The zero-order valence-corrected chi connectivity index (χ0v) is 32.5. The van der Waals surface area contributed by atoms with E-state index in [0.717, 1.165) is 25.7 Å². The minimum absolute atomic E-state index is 0.204. The van der Waals surface area contributed by atoms with E-state index in [1.807, 2.05) is 6.07 Å². The van der Waals surface area contributed by atoms with Crippen LogP contribution in [0.3, 0.4) is 0 Å². The Morgan fingerprint density at radius 3 is 2.23 bits per heavy atom. The van der Waals surface area contributed by atoms with Gasteiger partial charge in [-0.05, 0) is 118 Å². The lowest BCUT2D eigenvalue weighted by Gasteiger charge is -2.51. The third-order valence-corrected chi connectivity index (χ3v) is 21.9. The lowest BCUT2D eigenvalue weighted by atomic mass is 9.63. The molecule has 3 rings (SSSR count). The lowest BCUT2D eigenvalue weighted by molar-refractivity contribution is -0.0273. The van der Waals surface area contributed by atoms with Crippen LogP contribution < -0.4 is 0 Å². The molecule has 1 heterocycles. The highest BCUT2D eigenvalue weighted by molar-refractivity contribution is 7.13. The topological polar surface area (TPSA) is 44.8 Å². The SMILES string of the molecule is CCC1(C(C/C=C/[C@@H]2[C@@H](CCCc3ccc(C(=O)OC)s3)CC[C@H]2O[Si](C)(C)C(C)(C)C)O[Si](C)(C)C(C)(C)C)CCC1. The quantitative estimate of drug-likeness (QED) is 0.114. The zero-order valence-electron chi connectivity index (χ0n) is 29.7. The Bertz CT molecular complexity index is 1070. The predicted octanol–water partition coefficient (Wildman–Crippen LogP) is 11.2. The molecule has 2 saturated carbocycles. The number of hydrogen-bond acceptors (Lipinski definition) is 5. The fraction of sp³-hybridized carbons (Fsp3) is 0.806. The molecule has 1 aromatic heterocycles. The van der Waals surface area contributed by atoms with E-state index in [1.165, 1.54) is 50.5 Å². The summed E-state index contributed by atoms with van der Waals surface area (Å²) in [6, 6.07) is 4.00. The number of carbonyl (C=O) groups is 1. The van der Waals surface area contributed by atoms with Crippen molar-refractivity contribution < 1.29 is 18.4 Å². The lowest BCUT2D eigenvalue weighted by Crippen LogP contribution is -2.51. The molecule has 1 unspecified atom stereocenters. The second kappa shape index (κ2) is 14.4. The molecule has 0 radical (unpaired) electrons. The van der Waals surface area contributed by atoms with Crippen molar-refractivity contribution in [3.63, 3.8) is 0 Å². The van der Waals surface area contributed by atoms with Gasteiger partial charge in [0, 0.05) is 10.8 Å². The van der Waals surface area contributed by atoms with Gasteiger partial charge >= 0.3 is 5.97 Å². The third kappa shape index (κ3) is 8.96. The molecule has 43 heavy (non-hydrogen) atoms. The van der Waals surface area contributed by atoms with Crippen molar-refractivity contribution in [2.45, 2.75) is 161 Å². The highest BCUT2D eigenvalue weighted by atomic mass is 32.1. The molecule has 2 fully saturated rings. The summed E-state index contributed by atoms with van der Waals surface area (Å²) < 4.78 is 19.3. The molecule has 0 bridgehead atoms. The summed E-state index contributed by atoms with van der Waals surface area (Å²) in [5.74, 6) is 0.857. The minimum atomic E-state index is -1.88. The first-order chi connectivity index (χ1) is 19.9. The van der Waals surface area contributed by atoms with Crippen molar-refractivity contribution in [1.82, 2.24) is 0 Å². The van der Waals surface area contributed by atoms with Gasteiger partial charge in [0.25, 0.3) is 0 Å². The van der Waals surface area contributed by atoms with Crippen molar-refractivity contribution in [2.24, 2.45) is 17.3 Å². The molecule has 2 aliphatic rings. The van der Waals surface area contributed by atoms with Gasteiger partial charge in [0.2, 0.25) is 0 Å². The van der Waals surface area contributed by atoms with Gasteiger partial charge in [-0.15, -0.1) is 11.3 Å². The Kier molecular flexibility index (Phi) is 12.3. The van der Waals surface area contributed by atoms with E-state index in [-0.39, 0.29) is 16.0 Å². The number of esters is 1. The number of methoxy groups -OCH3 is 1. The summed E-state index contributed by atoms with van der Waals surface area (Å²) in [7, 11) is -2.30. The van der Waals surface area contributed by atoms with Crippen LogP contribution in [0, 0.1) is 17.3 Å². The summed E-state index contributed by atoms with van der Waals surface area (Å²) in [6.45, 7) is 26.2. The number of ether oxygens (including phenoxy) is 1. The fourth-order valence-electron chi connectivity index (χ4n) is 6.49. The van der Waals surface area contributed by atoms with E-state index in [4.69, 9.17) is 13.6 Å². The van der Waals surface area contributed by atoms with Gasteiger partial charge < -0.3 is 13.6 Å². The summed E-state index contributed by atoms with van der Waals surface area (Å²) in [6.07, 6.45) is 17.6. The van der Waals surface area contributed by atoms with E-state index < -0.39 is 16.6 Å². The van der Waals surface area contributed by atoms with Crippen LogP contribution in [0.2, 0.25) is 36.3 Å². The standard InChI is InChI=1S/C36H64O4SSi2/c1-13-36(25-16-26-36)32(40-43(11,12)35(5,6)7)20-15-19-29-27(21-23-30(29)39-42(9,10)34(2,3)4)17-14-18-28-22-24-31(41-28)33(37)38-8/h15,19,22,24,27,29-30,32H,13-14,16-18,20-21,23,25-26H2,1-12H3/b19-15+/t27-,29+,30+,32?/m0/s1. The molecular formula is C36H64O4SSi2. The first-order valence-electron chi connectivity index (χ1n) is 17.0. The Morgan fingerprint density at radius 2 is 1.70 bits per heavy atom. The molecule has 4 nitrogen and oxygen atoms in total. The zero-order chi connectivity index (χ0) is 32.3. The highest BCUT2D eigenvalue weighted by Gasteiger charge is 2.48. The molecule has 4 atom stereocenters. The van der Waals surface area contributed by atoms with E-state index in [1.54, 1.807) is 11.3 Å². The van der Waals surface area contributed by atoms with E-state index >= 15 is 0 Å². The highest BCUT2D eigenvalue weighted by Crippen LogP contribution is 2.52. The smallest absolute Gasteiger partial charge is 0.348 e. The molecular weight excluding hydrogens is 585 g/mol. The van der Waals surface area contributed by atoms with Crippen LogP contribution in [0.25, 0.3) is 0 Å². The van der Waals surface area contributed by atoms with Crippen LogP contribution in [0.15, 0.2) is 24.3 Å². The van der Waals surface area contributed by atoms with Crippen molar-refractivity contribution in [3.05, 3.63) is 34.0 Å². The molecule has 246 valence electrons. The van der Waals surface area contributed by atoms with Crippen LogP contribution in [0.1, 0.15) is 121 Å². The maximum atomic E-state index is 11.9. The molecule has 1 aromatic rings. The molecule has 0 amide bonds. The van der Waals surface area contributed by atoms with Gasteiger partial charge in [-0.3, -0.25) is 0 Å². The summed E-state index contributed by atoms with van der Waals surface area (Å²) in [5, 5.41) is 0.419. The van der Waals surface area contributed by atoms with Gasteiger partial charge in [-0.1, -0.05) is 67.0 Å². The van der Waals surface area contributed by atoms with Crippen LogP contribution >= 0.6 is 11.3 Å². The average molecular weight is 649 g/mol. The average Bonchev–Trinajstić information content (AvgIpc) is 3.49. The maximum Gasteiger partial charge on any atom is 0.348 e. The van der Waals surface area contributed by atoms with E-state index in [9.17, 15) is 4.79 Å². The molecule has 0 saturated heterocycles. The van der Waals surface area contributed by atoms with Crippen LogP contribution in [0.5, 0.6) is 0 Å². The fourth-order valence-corrected chi connectivity index (χ4v) is 10.3. The number of aryl methyl sites for hydroxylation is 1. The van der Waals surface area contributed by atoms with Crippen molar-refractivity contribution in [1.29, 1.82) is 0 Å². The predicted molar refractivity (Wildman–Crippen MR) is 189 cm³/mol. The number of hydrogen-bond donors (Lipinski definition) is 0. The molecule has 0 aliphatic heterocycles. The van der Waals surface area contributed by atoms with E-state index in [2.05, 4.69) is 92.9 Å². The summed E-state index contributed by atoms with van der Waals surface area (Å²) >= 11 is 1.58. The Balaban J connectivity index is 1.77. The van der Waals surface area contributed by atoms with Crippen LogP contribution in [-0.2, 0) is 20.0 Å². The second-order valence-corrected chi connectivity index (χ2v) is 27.3. The third-order valence-electron chi connectivity index (χ3n) is 11.8. The number of thiophene rings is 1. The van der Waals surface area contributed by atoms with Crippen molar-refractivity contribution in [2.75, 3.05) is 7.11 Å². The monoisotopic (exact) mass is 648 g/mol. The summed E-state index contributed by atoms with van der Waals surface area (Å²) in [4.78, 5) is 13.9. The van der Waals surface area contributed by atoms with Gasteiger partial charge in [0.15, 0.2) is 16.6 Å². The maximum absolute atomic E-state index is 11.9. The number of carbonyl (C=O) groups excluding carboxylic acids is 1. The van der Waals surface area contributed by atoms with E-state index in [0.29, 0.717) is 34.3 Å². The van der Waals surface area contributed by atoms with Gasteiger partial charge in [-0.25, -0.2) is 4.79 Å². The molecule has 0 N–H and O–H groups in total. The van der Waals surface area contributed by atoms with Gasteiger partial charge in [0.1, 0.15) is 4.88 Å². The molecule has 0 spiro atoms. The molecule has 7 heteroatoms. The second-order valence-electron chi connectivity index (χ2n) is 16.6. The minimum Gasteiger partial charge on any atom is -0.465 e. The number of rotatable bonds is 14. The van der Waals surface area contributed by atoms with Crippen molar-refractivity contribution >= 4 is 33.9 Å². The molecule has 2 aliphatic carbocycles. The first kappa shape index (κ1) is 36.7. The normalized spacial score (nSPS) is 23.9. The Morgan fingerprint density at radius 1 is 1.05 bits per heavy atom. The van der Waals surface area contributed by atoms with Gasteiger partial charge in [-0.2, -0.15) is 0 Å². The summed E-state index contributed by atoms with van der Waals surface area (Å²) in [5.41, 5.74) is 0.343.